The van der Waals surface area contributed by atoms with Crippen LogP contribution in [-0.2, 0) is 37.5 Å². The lowest BCUT2D eigenvalue weighted by Gasteiger charge is -2.19. The highest BCUT2D eigenvalue weighted by Gasteiger charge is 2.42. The van der Waals surface area contributed by atoms with Gasteiger partial charge in [-0.3, -0.25) is 23.4 Å². The van der Waals surface area contributed by atoms with E-state index in [1.165, 1.54) is 44.9 Å². The van der Waals surface area contributed by atoms with E-state index in [0.29, 0.717) is 31.1 Å². The Balaban J connectivity index is 1.47. The predicted molar refractivity (Wildman–Crippen MR) is 244 cm³/mol. The predicted octanol–water partition coefficient (Wildman–Crippen LogP) is 9.31. The minimum Gasteiger partial charge on any atom is -0.462 e. The van der Waals surface area contributed by atoms with E-state index >= 15 is 0 Å². The average molecular weight is 903 g/mol. The van der Waals surface area contributed by atoms with Crippen LogP contribution in [-0.4, -0.2) is 90.9 Å². The van der Waals surface area contributed by atoms with Crippen LogP contribution in [0, 0.1) is 0 Å². The number of esters is 2. The van der Waals surface area contributed by atoms with E-state index in [2.05, 4.69) is 35.0 Å². The molecule has 2 fully saturated rings. The first-order chi connectivity index (χ1) is 29.6. The van der Waals surface area contributed by atoms with Gasteiger partial charge in [0.25, 0.3) is 0 Å². The zero-order chi connectivity index (χ0) is 44.2. The number of fused-ring (bicyclic) bond motifs is 1. The van der Waals surface area contributed by atoms with Gasteiger partial charge in [0.15, 0.2) is 6.10 Å². The number of thioether (sulfide) groups is 1. The lowest BCUT2D eigenvalue weighted by molar-refractivity contribution is -0.161. The molecule has 3 amide bonds. The Hall–Kier alpha value is -2.16. The second-order valence-electron chi connectivity index (χ2n) is 16.7. The monoisotopic (exact) mass is 903 g/mol. The van der Waals surface area contributed by atoms with Crippen LogP contribution in [0.25, 0.3) is 0 Å². The Labute approximate surface area is 372 Å². The summed E-state index contributed by atoms with van der Waals surface area (Å²) < 4.78 is 32.8. The van der Waals surface area contributed by atoms with Crippen LogP contribution in [0.15, 0.2) is 12.2 Å². The van der Waals surface area contributed by atoms with Gasteiger partial charge in [-0.2, -0.15) is 11.8 Å². The van der Waals surface area contributed by atoms with Gasteiger partial charge in [-0.15, -0.1) is 0 Å². The number of ether oxygens (including phenoxy) is 2. The maximum Gasteiger partial charge on any atom is 0.472 e. The molecule has 5 atom stereocenters. The molecule has 14 nitrogen and oxygen atoms in total. The molecule has 6 N–H and O–H groups in total. The number of rotatable bonds is 41. The van der Waals surface area contributed by atoms with E-state index in [4.69, 9.17) is 24.3 Å². The Morgan fingerprint density at radius 1 is 0.770 bits per heavy atom. The van der Waals surface area contributed by atoms with Crippen molar-refractivity contribution in [3.8, 4) is 0 Å². The maximum absolute atomic E-state index is 12.6. The third-order valence-electron chi connectivity index (χ3n) is 11.1. The summed E-state index contributed by atoms with van der Waals surface area (Å²) in [5, 5.41) is 9.47. The first kappa shape index (κ1) is 55.0. The van der Waals surface area contributed by atoms with Crippen molar-refractivity contribution in [1.29, 1.82) is 0 Å². The molecule has 0 saturated carbocycles. The number of nitrogens with two attached hydrogens (primary N) is 1. The third-order valence-corrected chi connectivity index (χ3v) is 13.6. The Kier molecular flexibility index (Phi) is 32.6. The number of allylic oxidation sites excluding steroid dienone is 2. The molecule has 5 unspecified atom stereocenters. The molecule has 354 valence electrons. The van der Waals surface area contributed by atoms with Crippen LogP contribution in [0.4, 0.5) is 4.79 Å². The van der Waals surface area contributed by atoms with Crippen LogP contribution in [0.2, 0.25) is 0 Å². The summed E-state index contributed by atoms with van der Waals surface area (Å²) in [6.45, 7) is 2.08. The molecule has 0 aromatic heterocycles. The van der Waals surface area contributed by atoms with Crippen molar-refractivity contribution in [1.82, 2.24) is 16.0 Å². The minimum absolute atomic E-state index is 0.0348. The molecule has 2 aliphatic heterocycles. The second-order valence-corrected chi connectivity index (χ2v) is 19.4. The molecule has 0 spiro atoms. The molecule has 61 heavy (non-hydrogen) atoms. The number of phosphoric acid groups is 1. The van der Waals surface area contributed by atoms with Crippen LogP contribution >= 0.6 is 19.6 Å². The maximum atomic E-state index is 12.6. The first-order valence-corrected chi connectivity index (χ1v) is 26.4. The fourth-order valence-corrected chi connectivity index (χ4v) is 9.87. The number of hydrogen-bond donors (Lipinski definition) is 5. The SMILES string of the molecule is CCCCCCCCC=CCCCCCCCC(=O)OCC(COP(=O)(O)OCCN)OC(=O)CCCCCCCCCCCNC(=O)CCCCC1SCC2NC(=O)NC21. The number of urea groups is 1. The number of amides is 3. The highest BCUT2D eigenvalue weighted by atomic mass is 32.2. The van der Waals surface area contributed by atoms with Crippen LogP contribution in [0.1, 0.15) is 187 Å². The Morgan fingerprint density at radius 2 is 1.34 bits per heavy atom. The van der Waals surface area contributed by atoms with E-state index in [1.807, 2.05) is 11.8 Å². The molecule has 2 heterocycles. The quantitative estimate of drug-likeness (QED) is 0.0128. The lowest BCUT2D eigenvalue weighted by Crippen LogP contribution is -2.36. The van der Waals surface area contributed by atoms with Gasteiger partial charge in [-0.25, -0.2) is 9.36 Å². The average Bonchev–Trinajstić information content (AvgIpc) is 3.80. The fourth-order valence-electron chi connectivity index (χ4n) is 7.56. The van der Waals surface area contributed by atoms with Gasteiger partial charge >= 0.3 is 25.8 Å². The van der Waals surface area contributed by atoms with Crippen molar-refractivity contribution < 1.29 is 47.2 Å². The summed E-state index contributed by atoms with van der Waals surface area (Å²) >= 11 is 1.91. The van der Waals surface area contributed by atoms with Gasteiger partial charge in [0.2, 0.25) is 5.91 Å². The van der Waals surface area contributed by atoms with Gasteiger partial charge in [0.1, 0.15) is 6.61 Å². The van der Waals surface area contributed by atoms with Crippen molar-refractivity contribution in [3.63, 3.8) is 0 Å². The number of hydrogen-bond acceptors (Lipinski definition) is 11. The molecule has 0 aromatic carbocycles. The Bertz CT molecular complexity index is 1260. The fraction of sp³-hybridized carbons (Fsp3) is 0.867. The van der Waals surface area contributed by atoms with Crippen molar-refractivity contribution in [3.05, 3.63) is 12.2 Å². The number of unbranched alkanes of at least 4 members (excludes halogenated alkanes) is 20. The van der Waals surface area contributed by atoms with Crippen LogP contribution in [0.5, 0.6) is 0 Å². The number of nitrogens with one attached hydrogen (secondary N) is 3. The van der Waals surface area contributed by atoms with Crippen molar-refractivity contribution in [2.75, 3.05) is 38.7 Å². The molecule has 0 bridgehead atoms. The molecule has 0 aromatic rings. The normalized spacial score (nSPS) is 18.7. The third kappa shape index (κ3) is 29.8. The smallest absolute Gasteiger partial charge is 0.462 e. The van der Waals surface area contributed by atoms with Gasteiger partial charge in [0.05, 0.1) is 25.3 Å². The van der Waals surface area contributed by atoms with Gasteiger partial charge in [0, 0.05) is 43.4 Å². The molecule has 0 aliphatic carbocycles. The Morgan fingerprint density at radius 3 is 1.98 bits per heavy atom. The first-order valence-electron chi connectivity index (χ1n) is 23.9. The highest BCUT2D eigenvalue weighted by molar-refractivity contribution is 8.00. The summed E-state index contributed by atoms with van der Waals surface area (Å²) in [4.78, 5) is 58.7. The highest BCUT2D eigenvalue weighted by Crippen LogP contribution is 2.43. The standard InChI is InChI=1S/C45H83N4O10PS/c1-2-3-4-5-6-7-8-9-10-11-12-14-17-20-23-30-42(51)56-35-38(36-58-60(54,55)57-34-32-46)59-43(52)31-24-21-18-15-13-16-19-22-27-33-47-41(50)29-26-25-28-40-44-39(37-61-40)48-45(53)49-44/h9-10,38-40,44H,2-8,11-37,46H2,1H3,(H,47,50)(H,54,55)(H2,48,49,53). The van der Waals surface area contributed by atoms with Crippen LogP contribution in [0.3, 0.4) is 0 Å². The summed E-state index contributed by atoms with van der Waals surface area (Å²) in [6, 6.07) is 0.405. The lowest BCUT2D eigenvalue weighted by atomic mass is 10.0. The number of phosphoric ester groups is 1. The second kappa shape index (κ2) is 36.2. The number of carbonyl (C=O) groups excluding carboxylic acids is 4. The van der Waals surface area contributed by atoms with Gasteiger partial charge in [-0.1, -0.05) is 122 Å². The van der Waals surface area contributed by atoms with E-state index in [1.54, 1.807) is 0 Å². The van der Waals surface area contributed by atoms with Crippen molar-refractivity contribution >= 4 is 43.5 Å². The molecule has 0 radical (unpaired) electrons. The molecular weight excluding hydrogens is 820 g/mol. The molecule has 2 aliphatic rings. The van der Waals surface area contributed by atoms with Crippen LogP contribution < -0.4 is 21.7 Å². The molecular formula is C45H83N4O10PS. The zero-order valence-electron chi connectivity index (χ0n) is 37.6. The van der Waals surface area contributed by atoms with E-state index in [0.717, 1.165) is 108 Å². The summed E-state index contributed by atoms with van der Waals surface area (Å²) in [5.41, 5.74) is 5.35. The summed E-state index contributed by atoms with van der Waals surface area (Å²) in [6.07, 6.45) is 31.6. The molecule has 16 heteroatoms. The van der Waals surface area contributed by atoms with Crippen molar-refractivity contribution in [2.24, 2.45) is 5.73 Å². The zero-order valence-corrected chi connectivity index (χ0v) is 39.3. The van der Waals surface area contributed by atoms with E-state index in [-0.39, 0.29) is 56.6 Å². The largest absolute Gasteiger partial charge is 0.472 e. The molecule has 2 rings (SSSR count). The summed E-state index contributed by atoms with van der Waals surface area (Å²) in [7, 11) is -4.41. The van der Waals surface area contributed by atoms with Gasteiger partial charge in [-0.05, 0) is 57.8 Å². The topological polar surface area (TPSA) is 205 Å². The van der Waals surface area contributed by atoms with E-state index < -0.39 is 32.5 Å². The molecule has 2 saturated heterocycles. The van der Waals surface area contributed by atoms with E-state index in [9.17, 15) is 28.6 Å². The van der Waals surface area contributed by atoms with Crippen molar-refractivity contribution in [2.45, 2.75) is 210 Å². The number of carbonyl (C=O) groups is 4. The van der Waals surface area contributed by atoms with Gasteiger partial charge < -0.3 is 36.1 Å². The summed E-state index contributed by atoms with van der Waals surface area (Å²) in [5.74, 6) is 0.185. The minimum atomic E-state index is -4.41.